The number of hydrogen-bond acceptors (Lipinski definition) is 5. The van der Waals surface area contributed by atoms with Crippen molar-refractivity contribution in [3.63, 3.8) is 0 Å². The second-order valence-electron chi connectivity index (χ2n) is 4.64. The Kier molecular flexibility index (Phi) is 6.62. The number of anilines is 1. The van der Waals surface area contributed by atoms with Crippen LogP contribution in [-0.2, 0) is 9.63 Å². The maximum Gasteiger partial charge on any atom is 0.265 e. The van der Waals surface area contributed by atoms with Crippen LogP contribution in [0.1, 0.15) is 5.56 Å². The van der Waals surface area contributed by atoms with Gasteiger partial charge < -0.3 is 19.6 Å². The van der Waals surface area contributed by atoms with Gasteiger partial charge in [0, 0.05) is 16.1 Å². The van der Waals surface area contributed by atoms with E-state index in [-0.39, 0.29) is 12.5 Å². The molecule has 0 aliphatic rings. The normalized spacial score (nSPS) is 10.5. The largest absolute Gasteiger partial charge is 0.497 e. The fraction of sp³-hybridized carbons (Fsp3) is 0.176. The first kappa shape index (κ1) is 17.8. The lowest BCUT2D eigenvalue weighted by molar-refractivity contribution is -0.120. The van der Waals surface area contributed by atoms with Crippen molar-refractivity contribution in [3.8, 4) is 11.5 Å². The Bertz CT molecular complexity index is 734. The van der Waals surface area contributed by atoms with E-state index in [4.69, 9.17) is 14.3 Å². The van der Waals surface area contributed by atoms with Gasteiger partial charge in [-0.05, 0) is 18.2 Å². The molecule has 0 saturated carbocycles. The molecule has 0 aliphatic heterocycles. The Morgan fingerprint density at radius 3 is 2.71 bits per heavy atom. The fourth-order valence-electron chi connectivity index (χ4n) is 1.86. The molecule has 0 heterocycles. The van der Waals surface area contributed by atoms with Crippen molar-refractivity contribution < 1.29 is 19.1 Å². The lowest BCUT2D eigenvalue weighted by Gasteiger charge is -2.11. The third kappa shape index (κ3) is 4.99. The second kappa shape index (κ2) is 8.93. The molecule has 7 heteroatoms. The summed E-state index contributed by atoms with van der Waals surface area (Å²) in [5, 5.41) is 6.48. The zero-order chi connectivity index (χ0) is 17.4. The molecule has 0 atom stereocenters. The maximum absolute atomic E-state index is 11.9. The monoisotopic (exact) mass is 392 g/mol. The first-order chi connectivity index (χ1) is 11.6. The van der Waals surface area contributed by atoms with Gasteiger partial charge in [0.15, 0.2) is 6.61 Å². The highest BCUT2D eigenvalue weighted by Gasteiger charge is 2.09. The predicted octanol–water partition coefficient (Wildman–Crippen LogP) is 3.46. The van der Waals surface area contributed by atoms with E-state index in [2.05, 4.69) is 26.4 Å². The summed E-state index contributed by atoms with van der Waals surface area (Å²) < 4.78 is 11.2. The number of methoxy groups -OCH3 is 2. The van der Waals surface area contributed by atoms with E-state index >= 15 is 0 Å². The molecule has 2 rings (SSSR count). The number of benzene rings is 2. The third-order valence-electron chi connectivity index (χ3n) is 3.05. The number of nitrogens with one attached hydrogen (secondary N) is 1. The number of nitrogens with zero attached hydrogens (tertiary/aromatic N) is 1. The van der Waals surface area contributed by atoms with E-state index in [0.29, 0.717) is 17.2 Å². The Hall–Kier alpha value is -2.54. The fourth-order valence-corrected chi connectivity index (χ4v) is 2.24. The molecule has 0 fully saturated rings. The average molecular weight is 393 g/mol. The van der Waals surface area contributed by atoms with E-state index in [9.17, 15) is 4.79 Å². The summed E-state index contributed by atoms with van der Waals surface area (Å²) in [6.07, 6.45) is 1.53. The van der Waals surface area contributed by atoms with Crippen molar-refractivity contribution in [2.24, 2.45) is 5.16 Å². The minimum Gasteiger partial charge on any atom is -0.497 e. The maximum atomic E-state index is 11.9. The summed E-state index contributed by atoms with van der Waals surface area (Å²) in [5.41, 5.74) is 1.39. The van der Waals surface area contributed by atoms with Crippen molar-refractivity contribution in [1.29, 1.82) is 0 Å². The predicted molar refractivity (Wildman–Crippen MR) is 95.9 cm³/mol. The minimum atomic E-state index is -0.345. The second-order valence-corrected chi connectivity index (χ2v) is 5.50. The van der Waals surface area contributed by atoms with Crippen molar-refractivity contribution in [1.82, 2.24) is 0 Å². The van der Waals surface area contributed by atoms with Crippen LogP contribution in [0.5, 0.6) is 11.5 Å². The van der Waals surface area contributed by atoms with Crippen LogP contribution in [0.25, 0.3) is 0 Å². The number of halogens is 1. The van der Waals surface area contributed by atoms with Crippen LogP contribution in [0.3, 0.4) is 0 Å². The lowest BCUT2D eigenvalue weighted by Crippen LogP contribution is -2.17. The Morgan fingerprint density at radius 1 is 1.21 bits per heavy atom. The average Bonchev–Trinajstić information content (AvgIpc) is 2.60. The number of carbonyl (C=O) groups is 1. The third-order valence-corrected chi connectivity index (χ3v) is 3.77. The van der Waals surface area contributed by atoms with Crippen LogP contribution in [-0.4, -0.2) is 32.9 Å². The van der Waals surface area contributed by atoms with Gasteiger partial charge in [-0.3, -0.25) is 4.79 Å². The van der Waals surface area contributed by atoms with Crippen LogP contribution in [0.2, 0.25) is 0 Å². The zero-order valence-electron chi connectivity index (χ0n) is 13.3. The van der Waals surface area contributed by atoms with Gasteiger partial charge in [0.05, 0.1) is 26.1 Å². The Morgan fingerprint density at radius 2 is 2.00 bits per heavy atom. The molecule has 24 heavy (non-hydrogen) atoms. The molecule has 2 aromatic carbocycles. The number of rotatable bonds is 7. The molecule has 6 nitrogen and oxygen atoms in total. The molecule has 1 amide bonds. The van der Waals surface area contributed by atoms with Crippen molar-refractivity contribution in [2.45, 2.75) is 0 Å². The first-order valence-electron chi connectivity index (χ1n) is 7.05. The van der Waals surface area contributed by atoms with Crippen LogP contribution in [0.15, 0.2) is 52.1 Å². The highest BCUT2D eigenvalue weighted by Crippen LogP contribution is 2.28. The molecule has 0 radical (unpaired) electrons. The summed E-state index contributed by atoms with van der Waals surface area (Å²) in [6.45, 7) is -0.212. The van der Waals surface area contributed by atoms with Crippen LogP contribution < -0.4 is 14.8 Å². The molecule has 0 bridgehead atoms. The summed E-state index contributed by atoms with van der Waals surface area (Å²) in [7, 11) is 3.08. The first-order valence-corrected chi connectivity index (χ1v) is 7.85. The summed E-state index contributed by atoms with van der Waals surface area (Å²) >= 11 is 3.40. The zero-order valence-corrected chi connectivity index (χ0v) is 14.9. The lowest BCUT2D eigenvalue weighted by atomic mass is 10.2. The summed E-state index contributed by atoms with van der Waals surface area (Å²) in [6, 6.07) is 12.7. The van der Waals surface area contributed by atoms with Crippen LogP contribution >= 0.6 is 15.9 Å². The standard InChI is InChI=1S/C17H17BrN2O4/c1-22-13-7-8-15(16(9-13)23-2)20-17(21)11-24-19-10-12-5-3-4-6-14(12)18/h3-10H,11H2,1-2H3,(H,20,21)/b19-10-. The van der Waals surface area contributed by atoms with Crippen molar-refractivity contribution >= 4 is 33.7 Å². The number of oxime groups is 1. The van der Waals surface area contributed by atoms with Gasteiger partial charge in [-0.1, -0.05) is 39.3 Å². The number of carbonyl (C=O) groups excluding carboxylic acids is 1. The van der Waals surface area contributed by atoms with Gasteiger partial charge in [-0.15, -0.1) is 0 Å². The molecule has 0 aliphatic carbocycles. The number of ether oxygens (including phenoxy) is 2. The molecule has 0 unspecified atom stereocenters. The van der Waals surface area contributed by atoms with Gasteiger partial charge in [0.25, 0.3) is 5.91 Å². The molecule has 2 aromatic rings. The Balaban J connectivity index is 1.89. The van der Waals surface area contributed by atoms with E-state index in [1.54, 1.807) is 25.3 Å². The quantitative estimate of drug-likeness (QED) is 0.578. The molecular formula is C17H17BrN2O4. The molecule has 0 aromatic heterocycles. The van der Waals surface area contributed by atoms with E-state index < -0.39 is 0 Å². The molecule has 0 spiro atoms. The highest BCUT2D eigenvalue weighted by molar-refractivity contribution is 9.10. The van der Waals surface area contributed by atoms with Gasteiger partial charge in [-0.25, -0.2) is 0 Å². The van der Waals surface area contributed by atoms with Gasteiger partial charge in [0.2, 0.25) is 0 Å². The molecular weight excluding hydrogens is 376 g/mol. The molecule has 126 valence electrons. The number of amides is 1. The smallest absolute Gasteiger partial charge is 0.265 e. The number of hydrogen-bond donors (Lipinski definition) is 1. The SMILES string of the molecule is COc1ccc(NC(=O)CO/N=C\c2ccccc2Br)c(OC)c1. The Labute approximate surface area is 148 Å². The van der Waals surface area contributed by atoms with Crippen LogP contribution in [0.4, 0.5) is 5.69 Å². The van der Waals surface area contributed by atoms with Gasteiger partial charge in [-0.2, -0.15) is 0 Å². The van der Waals surface area contributed by atoms with Gasteiger partial charge in [0.1, 0.15) is 11.5 Å². The van der Waals surface area contributed by atoms with E-state index in [1.807, 2.05) is 24.3 Å². The van der Waals surface area contributed by atoms with Crippen molar-refractivity contribution in [2.75, 3.05) is 26.1 Å². The van der Waals surface area contributed by atoms with Crippen LogP contribution in [0, 0.1) is 0 Å². The van der Waals surface area contributed by atoms with E-state index in [1.165, 1.54) is 13.3 Å². The topological polar surface area (TPSA) is 69.2 Å². The minimum absolute atomic E-state index is 0.212. The van der Waals surface area contributed by atoms with Crippen molar-refractivity contribution in [3.05, 3.63) is 52.5 Å². The molecule has 0 saturated heterocycles. The summed E-state index contributed by atoms with van der Waals surface area (Å²) in [4.78, 5) is 16.9. The summed E-state index contributed by atoms with van der Waals surface area (Å²) in [5.74, 6) is 0.793. The highest BCUT2D eigenvalue weighted by atomic mass is 79.9. The molecule has 1 N–H and O–H groups in total. The van der Waals surface area contributed by atoms with Gasteiger partial charge >= 0.3 is 0 Å². The van der Waals surface area contributed by atoms with E-state index in [0.717, 1.165) is 10.0 Å².